The van der Waals surface area contributed by atoms with Crippen molar-refractivity contribution in [2.45, 2.75) is 64.9 Å². The summed E-state index contributed by atoms with van der Waals surface area (Å²) in [6.07, 6.45) is 11.4. The normalized spacial score (nSPS) is 23.7. The van der Waals surface area contributed by atoms with E-state index < -0.39 is 6.10 Å². The van der Waals surface area contributed by atoms with Crippen LogP contribution in [0.15, 0.2) is 47.6 Å². The number of carbonyl (C=O) groups excluding carboxylic acids is 1. The highest BCUT2D eigenvalue weighted by Gasteiger charge is 2.21. The Bertz CT molecular complexity index is 1350. The molecular formula is C31H39N5O3. The van der Waals surface area contributed by atoms with E-state index >= 15 is 0 Å². The Kier molecular flexibility index (Phi) is 8.84. The van der Waals surface area contributed by atoms with E-state index in [0.29, 0.717) is 43.2 Å². The van der Waals surface area contributed by atoms with Crippen LogP contribution in [0.2, 0.25) is 0 Å². The van der Waals surface area contributed by atoms with E-state index in [9.17, 15) is 9.90 Å². The van der Waals surface area contributed by atoms with Crippen molar-refractivity contribution in [3.05, 3.63) is 54.0 Å². The lowest BCUT2D eigenvalue weighted by Gasteiger charge is -2.21. The van der Waals surface area contributed by atoms with Crippen LogP contribution in [0.5, 0.6) is 0 Å². The minimum absolute atomic E-state index is 0.192. The zero-order valence-electron chi connectivity index (χ0n) is 22.9. The largest absolute Gasteiger partial charge is 0.387 e. The average Bonchev–Trinajstić information content (AvgIpc) is 3.34. The number of rotatable bonds is 6. The molecule has 5 rings (SSSR count). The second kappa shape index (κ2) is 12.7. The SMILES string of the molecule is CC1C=NC(c2ccnc(Nc3ccc4[nH]c(C(O)CC5CCCOCC(=O)CC(C)CC5)cc4c3)n2)=CC1. The highest BCUT2D eigenvalue weighted by atomic mass is 16.5. The monoisotopic (exact) mass is 529 g/mol. The van der Waals surface area contributed by atoms with Gasteiger partial charge in [0, 0.05) is 47.7 Å². The van der Waals surface area contributed by atoms with E-state index in [1.54, 1.807) is 6.20 Å². The maximum atomic E-state index is 12.0. The number of Topliss-reactive ketones (excluding diaryl/α,β-unsaturated/α-hetero) is 1. The summed E-state index contributed by atoms with van der Waals surface area (Å²) in [4.78, 5) is 29.0. The quantitative estimate of drug-likeness (QED) is 0.342. The number of aromatic amines is 1. The molecule has 0 amide bonds. The van der Waals surface area contributed by atoms with Crippen molar-refractivity contribution in [1.82, 2.24) is 15.0 Å². The number of allylic oxidation sites excluding steroid dienone is 1. The number of nitrogens with one attached hydrogen (secondary N) is 2. The lowest BCUT2D eigenvalue weighted by atomic mass is 9.87. The van der Waals surface area contributed by atoms with Gasteiger partial charge in [-0.05, 0) is 73.8 Å². The minimum Gasteiger partial charge on any atom is -0.387 e. The first-order chi connectivity index (χ1) is 18.9. The molecule has 3 N–H and O–H groups in total. The number of ether oxygens (including phenoxy) is 1. The molecule has 0 radical (unpaired) electrons. The molecule has 4 unspecified atom stereocenters. The number of carbonyl (C=O) groups is 1. The second-order valence-electron chi connectivity index (χ2n) is 11.2. The zero-order chi connectivity index (χ0) is 27.2. The fraction of sp³-hybridized carbons (Fsp3) is 0.484. The molecule has 2 aliphatic heterocycles. The van der Waals surface area contributed by atoms with Crippen molar-refractivity contribution in [3.8, 4) is 0 Å². The molecule has 0 saturated carbocycles. The minimum atomic E-state index is -0.575. The van der Waals surface area contributed by atoms with Gasteiger partial charge in [-0.1, -0.05) is 32.8 Å². The highest BCUT2D eigenvalue weighted by molar-refractivity contribution is 5.85. The number of H-pyrrole nitrogens is 1. The number of ketones is 1. The van der Waals surface area contributed by atoms with Crippen molar-refractivity contribution >= 4 is 40.2 Å². The van der Waals surface area contributed by atoms with Gasteiger partial charge in [0.15, 0.2) is 5.78 Å². The Morgan fingerprint density at radius 3 is 2.92 bits per heavy atom. The molecule has 0 spiro atoms. The first kappa shape index (κ1) is 27.2. The number of aliphatic hydroxyl groups excluding tert-OH is 1. The molecule has 1 fully saturated rings. The molecule has 39 heavy (non-hydrogen) atoms. The van der Waals surface area contributed by atoms with Gasteiger partial charge in [0.2, 0.25) is 5.95 Å². The molecular weight excluding hydrogens is 490 g/mol. The summed E-state index contributed by atoms with van der Waals surface area (Å²) in [6, 6.07) is 9.94. The highest BCUT2D eigenvalue weighted by Crippen LogP contribution is 2.32. The van der Waals surface area contributed by atoms with E-state index in [4.69, 9.17) is 4.74 Å². The maximum absolute atomic E-state index is 12.0. The molecule has 1 aromatic carbocycles. The van der Waals surface area contributed by atoms with Crippen molar-refractivity contribution in [2.75, 3.05) is 18.5 Å². The van der Waals surface area contributed by atoms with Crippen LogP contribution in [0.25, 0.3) is 16.6 Å². The third-order valence-electron chi connectivity index (χ3n) is 7.69. The summed E-state index contributed by atoms with van der Waals surface area (Å²) in [5.41, 5.74) is 4.35. The van der Waals surface area contributed by atoms with Crippen LogP contribution in [-0.4, -0.2) is 45.3 Å². The number of fused-ring (bicyclic) bond motifs is 1. The van der Waals surface area contributed by atoms with Crippen molar-refractivity contribution in [2.24, 2.45) is 22.7 Å². The number of benzene rings is 1. The van der Waals surface area contributed by atoms with Gasteiger partial charge in [0.1, 0.15) is 6.61 Å². The van der Waals surface area contributed by atoms with Crippen LogP contribution >= 0.6 is 0 Å². The molecule has 4 atom stereocenters. The number of aliphatic hydroxyl groups is 1. The van der Waals surface area contributed by atoms with Gasteiger partial charge in [-0.3, -0.25) is 9.79 Å². The van der Waals surface area contributed by atoms with Gasteiger partial charge in [0.25, 0.3) is 0 Å². The summed E-state index contributed by atoms with van der Waals surface area (Å²) in [7, 11) is 0. The van der Waals surface area contributed by atoms with E-state index in [1.165, 1.54) is 0 Å². The number of nitrogens with zero attached hydrogens (tertiary/aromatic N) is 3. The fourth-order valence-corrected chi connectivity index (χ4v) is 5.45. The van der Waals surface area contributed by atoms with Crippen LogP contribution < -0.4 is 5.32 Å². The van der Waals surface area contributed by atoms with Crippen molar-refractivity contribution in [1.29, 1.82) is 0 Å². The molecule has 2 aromatic heterocycles. The average molecular weight is 530 g/mol. The Hall–Kier alpha value is -3.36. The van der Waals surface area contributed by atoms with Gasteiger partial charge < -0.3 is 20.1 Å². The lowest BCUT2D eigenvalue weighted by Crippen LogP contribution is -2.12. The third kappa shape index (κ3) is 7.40. The fourth-order valence-electron chi connectivity index (χ4n) is 5.45. The van der Waals surface area contributed by atoms with E-state index in [2.05, 4.69) is 45.2 Å². The molecule has 3 aromatic rings. The number of anilines is 2. The standard InChI is InChI=1S/C31H39N5O3/c1-20-5-7-22(4-3-13-39-19-25(37)14-20)15-30(38)29-17-23-16-24(8-10-26(23)35-29)34-31-32-12-11-28(36-31)27-9-6-21(2)18-33-27/h8-12,16-18,20-22,30,35,38H,3-7,13-15,19H2,1-2H3,(H,32,34,36). The molecule has 1 saturated heterocycles. The zero-order valence-corrected chi connectivity index (χ0v) is 22.9. The van der Waals surface area contributed by atoms with Gasteiger partial charge in [-0.25, -0.2) is 9.97 Å². The van der Waals surface area contributed by atoms with E-state index in [-0.39, 0.29) is 12.4 Å². The van der Waals surface area contributed by atoms with Gasteiger partial charge in [-0.15, -0.1) is 0 Å². The topological polar surface area (TPSA) is 112 Å². The molecule has 4 heterocycles. The van der Waals surface area contributed by atoms with Crippen LogP contribution in [0, 0.1) is 17.8 Å². The molecule has 2 aliphatic rings. The predicted octanol–water partition coefficient (Wildman–Crippen LogP) is 6.38. The Balaban J connectivity index is 1.24. The smallest absolute Gasteiger partial charge is 0.227 e. The molecule has 8 heteroatoms. The first-order valence-corrected chi connectivity index (χ1v) is 14.2. The summed E-state index contributed by atoms with van der Waals surface area (Å²) >= 11 is 0. The lowest BCUT2D eigenvalue weighted by molar-refractivity contribution is -0.124. The van der Waals surface area contributed by atoms with Gasteiger partial charge in [-0.2, -0.15) is 0 Å². The summed E-state index contributed by atoms with van der Waals surface area (Å²) in [6.45, 7) is 5.11. The van der Waals surface area contributed by atoms with Crippen molar-refractivity contribution < 1.29 is 14.6 Å². The number of aromatic nitrogens is 3. The Labute approximate surface area is 230 Å². The number of aliphatic imine (C=N–C) groups is 1. The van der Waals surface area contributed by atoms with Crippen molar-refractivity contribution in [3.63, 3.8) is 0 Å². The number of hydrogen-bond donors (Lipinski definition) is 3. The van der Waals surface area contributed by atoms with Gasteiger partial charge in [0.05, 0.1) is 17.5 Å². The van der Waals surface area contributed by atoms with Crippen LogP contribution in [-0.2, 0) is 9.53 Å². The second-order valence-corrected chi connectivity index (χ2v) is 11.2. The maximum Gasteiger partial charge on any atom is 0.227 e. The Morgan fingerprint density at radius 1 is 1.18 bits per heavy atom. The van der Waals surface area contributed by atoms with E-state index in [1.807, 2.05) is 36.5 Å². The van der Waals surface area contributed by atoms with Crippen LogP contribution in [0.4, 0.5) is 11.6 Å². The Morgan fingerprint density at radius 2 is 2.08 bits per heavy atom. The third-order valence-corrected chi connectivity index (χ3v) is 7.69. The molecule has 8 nitrogen and oxygen atoms in total. The van der Waals surface area contributed by atoms with Crippen LogP contribution in [0.3, 0.4) is 0 Å². The first-order valence-electron chi connectivity index (χ1n) is 14.2. The molecule has 206 valence electrons. The molecule has 0 bridgehead atoms. The number of hydrogen-bond acceptors (Lipinski definition) is 7. The molecule has 0 aliphatic carbocycles. The summed E-state index contributed by atoms with van der Waals surface area (Å²) in [5.74, 6) is 1.89. The van der Waals surface area contributed by atoms with E-state index in [0.717, 1.165) is 65.8 Å². The summed E-state index contributed by atoms with van der Waals surface area (Å²) in [5, 5.41) is 15.5. The van der Waals surface area contributed by atoms with Gasteiger partial charge >= 0.3 is 0 Å². The van der Waals surface area contributed by atoms with Crippen LogP contribution in [0.1, 0.15) is 76.3 Å². The predicted molar refractivity (Wildman–Crippen MR) is 155 cm³/mol. The summed E-state index contributed by atoms with van der Waals surface area (Å²) < 4.78 is 5.56.